The summed E-state index contributed by atoms with van der Waals surface area (Å²) in [5.41, 5.74) is 6.90. The maximum Gasteiger partial charge on any atom is 0.251 e. The number of hydrogen-bond acceptors (Lipinski definition) is 3. The molecule has 2 aromatic rings. The molecule has 0 aliphatic rings. The molecule has 0 aromatic heterocycles. The normalized spacial score (nSPS) is 11.0. The van der Waals surface area contributed by atoms with Crippen LogP contribution in [-0.2, 0) is 6.61 Å². The second-order valence-corrected chi connectivity index (χ2v) is 5.84. The first kappa shape index (κ1) is 16.0. The van der Waals surface area contributed by atoms with Crippen LogP contribution in [0.15, 0.2) is 54.6 Å². The van der Waals surface area contributed by atoms with Crippen LogP contribution >= 0.6 is 0 Å². The van der Waals surface area contributed by atoms with Crippen molar-refractivity contribution in [1.29, 1.82) is 0 Å². The number of carbonyl (C=O) groups is 1. The summed E-state index contributed by atoms with van der Waals surface area (Å²) in [6.45, 7) is 4.67. The topological polar surface area (TPSA) is 64.3 Å². The van der Waals surface area contributed by atoms with E-state index in [4.69, 9.17) is 10.5 Å². The van der Waals surface area contributed by atoms with Gasteiger partial charge in [0.05, 0.1) is 0 Å². The summed E-state index contributed by atoms with van der Waals surface area (Å²) in [7, 11) is 0. The Hall–Kier alpha value is -2.33. The molecule has 0 aliphatic heterocycles. The molecule has 1 amide bonds. The SMILES string of the molecule is CC(C)(CN)NC(=O)c1ccc(OCc2ccccc2)cc1. The molecule has 2 rings (SSSR count). The number of hydrogen-bond donors (Lipinski definition) is 2. The molecular weight excluding hydrogens is 276 g/mol. The van der Waals surface area contributed by atoms with Gasteiger partial charge in [-0.15, -0.1) is 0 Å². The van der Waals surface area contributed by atoms with Crippen molar-refractivity contribution in [3.8, 4) is 5.75 Å². The third kappa shape index (κ3) is 4.60. The Bertz CT molecular complexity index is 607. The Labute approximate surface area is 131 Å². The zero-order chi connectivity index (χ0) is 16.0. The number of carbonyl (C=O) groups excluding carboxylic acids is 1. The molecule has 0 spiro atoms. The van der Waals surface area contributed by atoms with Crippen molar-refractivity contribution in [1.82, 2.24) is 5.32 Å². The Morgan fingerprint density at radius 1 is 1.09 bits per heavy atom. The lowest BCUT2D eigenvalue weighted by Gasteiger charge is -2.24. The zero-order valence-electron chi connectivity index (χ0n) is 13.0. The average molecular weight is 298 g/mol. The largest absolute Gasteiger partial charge is 0.489 e. The highest BCUT2D eigenvalue weighted by Crippen LogP contribution is 2.15. The van der Waals surface area contributed by atoms with Crippen molar-refractivity contribution >= 4 is 5.91 Å². The minimum absolute atomic E-state index is 0.134. The monoisotopic (exact) mass is 298 g/mol. The van der Waals surface area contributed by atoms with Crippen molar-refractivity contribution in [2.45, 2.75) is 26.0 Å². The van der Waals surface area contributed by atoms with E-state index in [0.29, 0.717) is 18.7 Å². The van der Waals surface area contributed by atoms with Gasteiger partial charge in [-0.1, -0.05) is 30.3 Å². The molecule has 4 nitrogen and oxygen atoms in total. The number of nitrogens with two attached hydrogens (primary N) is 1. The molecule has 0 aliphatic carbocycles. The Balaban J connectivity index is 1.94. The highest BCUT2D eigenvalue weighted by Gasteiger charge is 2.19. The van der Waals surface area contributed by atoms with Gasteiger partial charge in [0.15, 0.2) is 0 Å². The second kappa shape index (κ2) is 7.09. The molecule has 2 aromatic carbocycles. The van der Waals surface area contributed by atoms with E-state index in [0.717, 1.165) is 11.3 Å². The summed E-state index contributed by atoms with van der Waals surface area (Å²) in [4.78, 5) is 12.1. The first-order valence-corrected chi connectivity index (χ1v) is 7.29. The fourth-order valence-corrected chi connectivity index (χ4v) is 1.87. The van der Waals surface area contributed by atoms with Gasteiger partial charge in [0.2, 0.25) is 0 Å². The van der Waals surface area contributed by atoms with Crippen molar-refractivity contribution in [2.24, 2.45) is 5.73 Å². The van der Waals surface area contributed by atoms with E-state index in [-0.39, 0.29) is 5.91 Å². The highest BCUT2D eigenvalue weighted by molar-refractivity contribution is 5.94. The Morgan fingerprint density at radius 3 is 2.32 bits per heavy atom. The summed E-state index contributed by atoms with van der Waals surface area (Å²) >= 11 is 0. The van der Waals surface area contributed by atoms with Crippen LogP contribution in [0.1, 0.15) is 29.8 Å². The molecule has 0 atom stereocenters. The first-order valence-electron chi connectivity index (χ1n) is 7.29. The average Bonchev–Trinajstić information content (AvgIpc) is 2.54. The summed E-state index contributed by atoms with van der Waals surface area (Å²) in [5.74, 6) is 0.601. The number of rotatable bonds is 6. The summed E-state index contributed by atoms with van der Waals surface area (Å²) in [6.07, 6.45) is 0. The minimum atomic E-state index is -0.417. The third-order valence-electron chi connectivity index (χ3n) is 3.33. The standard InChI is InChI=1S/C18H22N2O2/c1-18(2,13-19)20-17(21)15-8-10-16(11-9-15)22-12-14-6-4-3-5-7-14/h3-11H,12-13,19H2,1-2H3,(H,20,21). The van der Waals surface area contributed by atoms with E-state index in [1.54, 1.807) is 24.3 Å². The van der Waals surface area contributed by atoms with Crippen LogP contribution in [0.5, 0.6) is 5.75 Å². The summed E-state index contributed by atoms with van der Waals surface area (Å²) in [6, 6.07) is 17.1. The number of ether oxygens (including phenoxy) is 1. The van der Waals surface area contributed by atoms with Gasteiger partial charge < -0.3 is 15.8 Å². The lowest BCUT2D eigenvalue weighted by atomic mass is 10.1. The van der Waals surface area contributed by atoms with Crippen LogP contribution in [0.4, 0.5) is 0 Å². The van der Waals surface area contributed by atoms with E-state index in [2.05, 4.69) is 5.32 Å². The maximum absolute atomic E-state index is 12.1. The van der Waals surface area contributed by atoms with Gasteiger partial charge in [0.25, 0.3) is 5.91 Å². The lowest BCUT2D eigenvalue weighted by molar-refractivity contribution is 0.0915. The van der Waals surface area contributed by atoms with Crippen LogP contribution in [0.25, 0.3) is 0 Å². The van der Waals surface area contributed by atoms with Gasteiger partial charge in [-0.3, -0.25) is 4.79 Å². The minimum Gasteiger partial charge on any atom is -0.489 e. The van der Waals surface area contributed by atoms with Crippen LogP contribution in [0, 0.1) is 0 Å². The molecule has 22 heavy (non-hydrogen) atoms. The van der Waals surface area contributed by atoms with Gasteiger partial charge in [-0.05, 0) is 43.7 Å². The van der Waals surface area contributed by atoms with Gasteiger partial charge >= 0.3 is 0 Å². The van der Waals surface area contributed by atoms with Gasteiger partial charge in [0, 0.05) is 17.6 Å². The lowest BCUT2D eigenvalue weighted by Crippen LogP contribution is -2.48. The molecule has 3 N–H and O–H groups in total. The Morgan fingerprint density at radius 2 is 1.73 bits per heavy atom. The van der Waals surface area contributed by atoms with E-state index < -0.39 is 5.54 Å². The molecule has 0 unspecified atom stereocenters. The van der Waals surface area contributed by atoms with Crippen molar-refractivity contribution in [3.05, 3.63) is 65.7 Å². The summed E-state index contributed by atoms with van der Waals surface area (Å²) < 4.78 is 5.70. The fourth-order valence-electron chi connectivity index (χ4n) is 1.87. The van der Waals surface area contributed by atoms with E-state index in [1.165, 1.54) is 0 Å². The molecule has 0 saturated heterocycles. The molecule has 116 valence electrons. The number of nitrogens with one attached hydrogen (secondary N) is 1. The van der Waals surface area contributed by atoms with Crippen LogP contribution in [0.3, 0.4) is 0 Å². The Kier molecular flexibility index (Phi) is 5.17. The van der Waals surface area contributed by atoms with Crippen LogP contribution < -0.4 is 15.8 Å². The zero-order valence-corrected chi connectivity index (χ0v) is 13.0. The molecular formula is C18H22N2O2. The van der Waals surface area contributed by atoms with Crippen molar-refractivity contribution < 1.29 is 9.53 Å². The third-order valence-corrected chi connectivity index (χ3v) is 3.33. The van der Waals surface area contributed by atoms with Gasteiger partial charge in [0.1, 0.15) is 12.4 Å². The predicted octanol–water partition coefficient (Wildman–Crippen LogP) is 2.73. The molecule has 4 heteroatoms. The van der Waals surface area contributed by atoms with E-state index >= 15 is 0 Å². The van der Waals surface area contributed by atoms with Crippen molar-refractivity contribution in [2.75, 3.05) is 6.54 Å². The van der Waals surface area contributed by atoms with Crippen LogP contribution in [-0.4, -0.2) is 18.0 Å². The first-order chi connectivity index (χ1) is 10.5. The van der Waals surface area contributed by atoms with Crippen molar-refractivity contribution in [3.63, 3.8) is 0 Å². The maximum atomic E-state index is 12.1. The smallest absolute Gasteiger partial charge is 0.251 e. The van der Waals surface area contributed by atoms with Crippen LogP contribution in [0.2, 0.25) is 0 Å². The quantitative estimate of drug-likeness (QED) is 0.862. The van der Waals surface area contributed by atoms with Gasteiger partial charge in [-0.2, -0.15) is 0 Å². The molecule has 0 heterocycles. The fraction of sp³-hybridized carbons (Fsp3) is 0.278. The molecule has 0 fully saturated rings. The van der Waals surface area contributed by atoms with Gasteiger partial charge in [-0.25, -0.2) is 0 Å². The van der Waals surface area contributed by atoms with E-state index in [1.807, 2.05) is 44.2 Å². The summed E-state index contributed by atoms with van der Waals surface area (Å²) in [5, 5.41) is 2.89. The van der Waals surface area contributed by atoms with E-state index in [9.17, 15) is 4.79 Å². The number of amides is 1. The highest BCUT2D eigenvalue weighted by atomic mass is 16.5. The predicted molar refractivity (Wildman–Crippen MR) is 87.8 cm³/mol. The number of benzene rings is 2. The molecule has 0 radical (unpaired) electrons. The second-order valence-electron chi connectivity index (χ2n) is 5.84. The molecule has 0 saturated carbocycles. The molecule has 0 bridgehead atoms.